The third kappa shape index (κ3) is 6.01. The number of carbonyl (C=O) groups excluding carboxylic acids is 2. The zero-order valence-corrected chi connectivity index (χ0v) is 20.3. The maximum Gasteiger partial charge on any atom is 0.347 e. The molecular formula is C27H32N2O6. The second-order valence-electron chi connectivity index (χ2n) is 8.32. The lowest BCUT2D eigenvalue weighted by Gasteiger charge is -2.37. The summed E-state index contributed by atoms with van der Waals surface area (Å²) in [5.41, 5.74) is 2.74. The minimum absolute atomic E-state index is 0.153. The average molecular weight is 481 g/mol. The fourth-order valence-corrected chi connectivity index (χ4v) is 4.26. The van der Waals surface area contributed by atoms with Gasteiger partial charge in [0.2, 0.25) is 0 Å². The number of ether oxygens (including phenoxy) is 4. The van der Waals surface area contributed by atoms with Gasteiger partial charge in [0, 0.05) is 25.8 Å². The van der Waals surface area contributed by atoms with Crippen LogP contribution in [-0.2, 0) is 30.3 Å². The number of anilines is 1. The molecule has 0 N–H and O–H groups in total. The maximum atomic E-state index is 12.7. The molecule has 1 fully saturated rings. The summed E-state index contributed by atoms with van der Waals surface area (Å²) in [7, 11) is 0. The van der Waals surface area contributed by atoms with E-state index in [1.54, 1.807) is 13.8 Å². The van der Waals surface area contributed by atoms with E-state index in [0.29, 0.717) is 12.4 Å². The van der Waals surface area contributed by atoms with Crippen LogP contribution in [0.5, 0.6) is 5.75 Å². The van der Waals surface area contributed by atoms with E-state index in [0.717, 1.165) is 49.7 Å². The molecule has 4 rings (SSSR count). The molecule has 186 valence electrons. The van der Waals surface area contributed by atoms with Crippen molar-refractivity contribution in [1.29, 1.82) is 0 Å². The first-order chi connectivity index (χ1) is 17.1. The molecule has 0 radical (unpaired) electrons. The van der Waals surface area contributed by atoms with Gasteiger partial charge in [0.25, 0.3) is 0 Å². The number of morpholine rings is 1. The Balaban J connectivity index is 1.72. The lowest BCUT2D eigenvalue weighted by Crippen LogP contribution is -2.36. The van der Waals surface area contributed by atoms with Gasteiger partial charge in [0.05, 0.1) is 38.2 Å². The van der Waals surface area contributed by atoms with E-state index < -0.39 is 11.9 Å². The zero-order valence-electron chi connectivity index (χ0n) is 20.3. The summed E-state index contributed by atoms with van der Waals surface area (Å²) in [6.07, 6.45) is 1.54. The van der Waals surface area contributed by atoms with E-state index >= 15 is 0 Å². The molecule has 1 unspecified atom stereocenters. The molecule has 1 atom stereocenters. The van der Waals surface area contributed by atoms with Crippen molar-refractivity contribution in [3.8, 4) is 5.75 Å². The number of hydrogen-bond donors (Lipinski definition) is 0. The Morgan fingerprint density at radius 1 is 1.00 bits per heavy atom. The van der Waals surface area contributed by atoms with Crippen molar-refractivity contribution in [2.75, 3.05) is 51.0 Å². The summed E-state index contributed by atoms with van der Waals surface area (Å²) in [6.45, 7) is 8.14. The molecular weight excluding hydrogens is 448 g/mol. The van der Waals surface area contributed by atoms with Gasteiger partial charge in [-0.3, -0.25) is 4.90 Å². The number of hydrogen-bond acceptors (Lipinski definition) is 8. The zero-order chi connectivity index (χ0) is 24.6. The summed E-state index contributed by atoms with van der Waals surface area (Å²) in [6, 6.07) is 15.7. The molecule has 0 amide bonds. The van der Waals surface area contributed by atoms with E-state index in [2.05, 4.69) is 11.0 Å². The molecule has 1 saturated heterocycles. The second-order valence-corrected chi connectivity index (χ2v) is 8.32. The highest BCUT2D eigenvalue weighted by Crippen LogP contribution is 2.41. The van der Waals surface area contributed by atoms with Crippen molar-refractivity contribution in [3.63, 3.8) is 0 Å². The van der Waals surface area contributed by atoms with Crippen LogP contribution < -0.4 is 9.64 Å². The van der Waals surface area contributed by atoms with Crippen LogP contribution in [0.2, 0.25) is 0 Å². The Morgan fingerprint density at radius 2 is 1.69 bits per heavy atom. The second kappa shape index (κ2) is 11.9. The third-order valence-corrected chi connectivity index (χ3v) is 5.99. The van der Waals surface area contributed by atoms with Crippen molar-refractivity contribution in [2.45, 2.75) is 26.4 Å². The van der Waals surface area contributed by atoms with Crippen LogP contribution in [-0.4, -0.2) is 63.0 Å². The van der Waals surface area contributed by atoms with Crippen LogP contribution >= 0.6 is 0 Å². The smallest absolute Gasteiger partial charge is 0.347 e. The monoisotopic (exact) mass is 480 g/mol. The molecule has 0 aliphatic carbocycles. The van der Waals surface area contributed by atoms with Crippen LogP contribution in [0.1, 0.15) is 31.0 Å². The normalized spacial score (nSPS) is 17.7. The van der Waals surface area contributed by atoms with Gasteiger partial charge in [-0.25, -0.2) is 9.59 Å². The standard InChI is InChI=1S/C27H32N2O6/c1-3-33-26(30)22(27(31)34-4-2)18-29-23-11-10-20(17-28-12-14-32-15-13-28)16-25(23)35-19-24(29)21-8-6-5-7-9-21/h5-11,16,18,24H,3-4,12-15,17,19H2,1-2H3. The van der Waals surface area contributed by atoms with E-state index in [4.69, 9.17) is 18.9 Å². The van der Waals surface area contributed by atoms with Gasteiger partial charge in [-0.15, -0.1) is 0 Å². The number of fused-ring (bicyclic) bond motifs is 1. The van der Waals surface area contributed by atoms with Gasteiger partial charge < -0.3 is 23.8 Å². The molecule has 0 saturated carbocycles. The Morgan fingerprint density at radius 3 is 2.34 bits per heavy atom. The number of rotatable bonds is 8. The van der Waals surface area contributed by atoms with Gasteiger partial charge in [0.1, 0.15) is 12.4 Å². The minimum Gasteiger partial charge on any atom is -0.489 e. The fourth-order valence-electron chi connectivity index (χ4n) is 4.26. The molecule has 0 aromatic heterocycles. The number of carbonyl (C=O) groups is 2. The van der Waals surface area contributed by atoms with Gasteiger partial charge in [-0.2, -0.15) is 0 Å². The highest BCUT2D eigenvalue weighted by Gasteiger charge is 2.31. The summed E-state index contributed by atoms with van der Waals surface area (Å²) in [4.78, 5) is 29.7. The summed E-state index contributed by atoms with van der Waals surface area (Å²) in [5, 5.41) is 0. The maximum absolute atomic E-state index is 12.7. The molecule has 2 heterocycles. The highest BCUT2D eigenvalue weighted by molar-refractivity contribution is 6.14. The summed E-state index contributed by atoms with van der Waals surface area (Å²) < 4.78 is 22.0. The van der Waals surface area contributed by atoms with Crippen LogP contribution in [0.25, 0.3) is 0 Å². The lowest BCUT2D eigenvalue weighted by atomic mass is 10.0. The molecule has 35 heavy (non-hydrogen) atoms. The predicted molar refractivity (Wildman–Crippen MR) is 131 cm³/mol. The van der Waals surface area contributed by atoms with Gasteiger partial charge in [-0.05, 0) is 37.1 Å². The molecule has 0 bridgehead atoms. The van der Waals surface area contributed by atoms with Crippen molar-refractivity contribution < 1.29 is 28.5 Å². The molecule has 2 aromatic rings. The predicted octanol–water partition coefficient (Wildman–Crippen LogP) is 3.47. The summed E-state index contributed by atoms with van der Waals surface area (Å²) in [5.74, 6) is -0.726. The van der Waals surface area contributed by atoms with Crippen LogP contribution in [0.15, 0.2) is 60.3 Å². The minimum atomic E-state index is -0.713. The molecule has 8 nitrogen and oxygen atoms in total. The average Bonchev–Trinajstić information content (AvgIpc) is 2.88. The Kier molecular flexibility index (Phi) is 8.39. The van der Waals surface area contributed by atoms with Gasteiger partial charge >= 0.3 is 11.9 Å². The first kappa shape index (κ1) is 24.8. The largest absolute Gasteiger partial charge is 0.489 e. The SMILES string of the molecule is CCOC(=O)C(=CN1c2ccc(CN3CCOCC3)cc2OCC1c1ccccc1)C(=O)OCC. The molecule has 2 aliphatic rings. The number of benzene rings is 2. The third-order valence-electron chi connectivity index (χ3n) is 5.99. The Hall–Kier alpha value is -3.36. The topological polar surface area (TPSA) is 77.5 Å². The first-order valence-corrected chi connectivity index (χ1v) is 12.1. The van der Waals surface area contributed by atoms with Crippen molar-refractivity contribution >= 4 is 17.6 Å². The lowest BCUT2D eigenvalue weighted by molar-refractivity contribution is -0.146. The first-order valence-electron chi connectivity index (χ1n) is 12.1. The van der Waals surface area contributed by atoms with Crippen LogP contribution in [0.4, 0.5) is 5.69 Å². The van der Waals surface area contributed by atoms with E-state index in [9.17, 15) is 9.59 Å². The number of esters is 2. The van der Waals surface area contributed by atoms with Crippen molar-refractivity contribution in [2.24, 2.45) is 0 Å². The van der Waals surface area contributed by atoms with Crippen LogP contribution in [0.3, 0.4) is 0 Å². The molecule has 8 heteroatoms. The van der Waals surface area contributed by atoms with E-state index in [-0.39, 0.29) is 24.8 Å². The molecule has 2 aliphatic heterocycles. The van der Waals surface area contributed by atoms with Gasteiger partial charge in [0.15, 0.2) is 5.57 Å². The van der Waals surface area contributed by atoms with Gasteiger partial charge in [-0.1, -0.05) is 36.4 Å². The van der Waals surface area contributed by atoms with E-state index in [1.165, 1.54) is 6.20 Å². The summed E-state index contributed by atoms with van der Waals surface area (Å²) >= 11 is 0. The molecule has 0 spiro atoms. The van der Waals surface area contributed by atoms with Crippen molar-refractivity contribution in [1.82, 2.24) is 4.90 Å². The highest BCUT2D eigenvalue weighted by atomic mass is 16.6. The fraction of sp³-hybridized carbons (Fsp3) is 0.407. The van der Waals surface area contributed by atoms with E-state index in [1.807, 2.05) is 47.4 Å². The quantitative estimate of drug-likeness (QED) is 0.246. The Bertz CT molecular complexity index is 1030. The number of nitrogens with zero attached hydrogens (tertiary/aromatic N) is 2. The molecule has 2 aromatic carbocycles. The van der Waals surface area contributed by atoms with Crippen molar-refractivity contribution in [3.05, 3.63) is 71.4 Å². The Labute approximate surface area is 206 Å². The van der Waals surface area contributed by atoms with Crippen LogP contribution in [0, 0.1) is 0 Å².